The van der Waals surface area contributed by atoms with E-state index in [1.165, 1.54) is 27.2 Å². The average molecular weight is 456 g/mol. The highest BCUT2D eigenvalue weighted by atomic mass is 32.2. The molecule has 0 aliphatic carbocycles. The molecule has 3 aromatic rings. The minimum Gasteiger partial charge on any atom is -0.368 e. The molecule has 3 heterocycles. The molecule has 1 aliphatic heterocycles. The van der Waals surface area contributed by atoms with Crippen molar-refractivity contribution in [2.24, 2.45) is 0 Å². The molecule has 2 aromatic heterocycles. The molecular weight excluding hydrogens is 430 g/mol. The Labute approximate surface area is 186 Å². The zero-order chi connectivity index (χ0) is 22.7. The summed E-state index contributed by atoms with van der Waals surface area (Å²) in [6.07, 6.45) is 3.82. The predicted molar refractivity (Wildman–Crippen MR) is 121 cm³/mol. The molecule has 1 aromatic carbocycles. The fraction of sp³-hybridized carbons (Fsp3) is 0.333. The molecule has 0 radical (unpaired) electrons. The molecule has 0 bridgehead atoms. The highest BCUT2D eigenvalue weighted by molar-refractivity contribution is 7.89. The van der Waals surface area contributed by atoms with Gasteiger partial charge in [-0.3, -0.25) is 4.79 Å². The van der Waals surface area contributed by atoms with Crippen molar-refractivity contribution in [1.82, 2.24) is 23.8 Å². The number of rotatable bonds is 7. The molecule has 0 atom stereocenters. The predicted octanol–water partition coefficient (Wildman–Crippen LogP) is 1.75. The smallest absolute Gasteiger partial charge is 0.251 e. The maximum atomic E-state index is 12.9. The average Bonchev–Trinajstić information content (AvgIpc) is 3.31. The lowest BCUT2D eigenvalue weighted by molar-refractivity contribution is 0.476. The molecule has 0 saturated carbocycles. The Balaban J connectivity index is 1.62. The third-order valence-electron chi connectivity index (χ3n) is 5.31. The van der Waals surface area contributed by atoms with Gasteiger partial charge in [0.15, 0.2) is 5.82 Å². The van der Waals surface area contributed by atoms with Crippen LogP contribution in [0, 0.1) is 0 Å². The van der Waals surface area contributed by atoms with Gasteiger partial charge in [-0.15, -0.1) is 0 Å². The van der Waals surface area contributed by atoms with E-state index in [1.54, 1.807) is 0 Å². The Morgan fingerprint density at radius 1 is 1.06 bits per heavy atom. The van der Waals surface area contributed by atoms with E-state index in [4.69, 9.17) is 5.73 Å². The second kappa shape index (κ2) is 9.05. The number of sulfonamides is 1. The van der Waals surface area contributed by atoms with Crippen LogP contribution in [0.1, 0.15) is 31.2 Å². The minimum atomic E-state index is -3.65. The van der Waals surface area contributed by atoms with Gasteiger partial charge in [0.1, 0.15) is 0 Å². The number of nitrogen functional groups attached to an aromatic ring is 1. The summed E-state index contributed by atoms with van der Waals surface area (Å²) in [5.41, 5.74) is 7.44. The number of pyridine rings is 1. The van der Waals surface area contributed by atoms with Crippen molar-refractivity contribution in [2.75, 3.05) is 24.1 Å². The van der Waals surface area contributed by atoms with Gasteiger partial charge in [0.05, 0.1) is 11.4 Å². The van der Waals surface area contributed by atoms with E-state index in [9.17, 15) is 13.2 Å². The number of nitrogens with one attached hydrogen (secondary N) is 1. The number of aromatic nitrogens is 4. The Kier molecular flexibility index (Phi) is 6.19. The van der Waals surface area contributed by atoms with E-state index < -0.39 is 10.0 Å². The fourth-order valence-electron chi connectivity index (χ4n) is 3.65. The van der Waals surface area contributed by atoms with Crippen molar-refractivity contribution in [2.45, 2.75) is 37.6 Å². The SMILES string of the molecule is CCc1ccccc1Nc1nc(N)nc(Cn2cc(S(=O)(=O)N3CCCC3)ccc2=O)n1. The molecule has 1 aliphatic rings. The van der Waals surface area contributed by atoms with Crippen LogP contribution in [-0.4, -0.2) is 45.3 Å². The highest BCUT2D eigenvalue weighted by Crippen LogP contribution is 2.21. The van der Waals surface area contributed by atoms with E-state index >= 15 is 0 Å². The fourth-order valence-corrected chi connectivity index (χ4v) is 5.19. The molecule has 1 fully saturated rings. The van der Waals surface area contributed by atoms with Gasteiger partial charge in [-0.2, -0.15) is 19.3 Å². The van der Waals surface area contributed by atoms with Crippen molar-refractivity contribution >= 4 is 27.6 Å². The summed E-state index contributed by atoms with van der Waals surface area (Å²) in [6, 6.07) is 10.3. The Morgan fingerprint density at radius 3 is 2.56 bits per heavy atom. The molecule has 4 rings (SSSR count). The van der Waals surface area contributed by atoms with Gasteiger partial charge < -0.3 is 15.6 Å². The van der Waals surface area contributed by atoms with E-state index in [0.29, 0.717) is 13.1 Å². The number of hydrogen-bond acceptors (Lipinski definition) is 8. The highest BCUT2D eigenvalue weighted by Gasteiger charge is 2.27. The second-order valence-electron chi connectivity index (χ2n) is 7.51. The lowest BCUT2D eigenvalue weighted by atomic mass is 10.1. The Hall–Kier alpha value is -3.31. The quantitative estimate of drug-likeness (QED) is 0.550. The van der Waals surface area contributed by atoms with Gasteiger partial charge in [-0.25, -0.2) is 8.42 Å². The number of aryl methyl sites for hydroxylation is 1. The van der Waals surface area contributed by atoms with Crippen LogP contribution in [0.2, 0.25) is 0 Å². The summed E-state index contributed by atoms with van der Waals surface area (Å²) >= 11 is 0. The van der Waals surface area contributed by atoms with E-state index in [0.717, 1.165) is 30.5 Å². The number of nitrogens with zero attached hydrogens (tertiary/aromatic N) is 5. The van der Waals surface area contributed by atoms with Crippen LogP contribution >= 0.6 is 0 Å². The first kappa shape index (κ1) is 21.9. The number of para-hydroxylation sites is 1. The lowest BCUT2D eigenvalue weighted by Crippen LogP contribution is -2.30. The van der Waals surface area contributed by atoms with Crippen molar-refractivity contribution in [3.8, 4) is 0 Å². The molecule has 1 saturated heterocycles. The first-order chi connectivity index (χ1) is 15.4. The number of anilines is 3. The van der Waals surface area contributed by atoms with Crippen molar-refractivity contribution in [3.05, 3.63) is 64.3 Å². The molecule has 0 unspecified atom stereocenters. The van der Waals surface area contributed by atoms with E-state index in [1.807, 2.05) is 31.2 Å². The van der Waals surface area contributed by atoms with Crippen molar-refractivity contribution < 1.29 is 8.42 Å². The maximum Gasteiger partial charge on any atom is 0.251 e. The van der Waals surface area contributed by atoms with Gasteiger partial charge in [0, 0.05) is 31.0 Å². The first-order valence-corrected chi connectivity index (χ1v) is 11.9. The summed E-state index contributed by atoms with van der Waals surface area (Å²) in [5.74, 6) is 0.495. The zero-order valence-electron chi connectivity index (χ0n) is 17.7. The number of nitrogens with two attached hydrogens (primary N) is 1. The van der Waals surface area contributed by atoms with Gasteiger partial charge in [0.25, 0.3) is 5.56 Å². The van der Waals surface area contributed by atoms with Crippen molar-refractivity contribution in [1.29, 1.82) is 0 Å². The molecule has 32 heavy (non-hydrogen) atoms. The summed E-state index contributed by atoms with van der Waals surface area (Å²) in [6.45, 7) is 2.97. The van der Waals surface area contributed by atoms with Crippen LogP contribution in [0.15, 0.2) is 52.3 Å². The maximum absolute atomic E-state index is 12.9. The van der Waals surface area contributed by atoms with Crippen LogP contribution in [0.3, 0.4) is 0 Å². The van der Waals surface area contributed by atoms with Crippen LogP contribution in [0.5, 0.6) is 0 Å². The van der Waals surface area contributed by atoms with Gasteiger partial charge in [-0.05, 0) is 37.0 Å². The monoisotopic (exact) mass is 455 g/mol. The Morgan fingerprint density at radius 2 is 1.81 bits per heavy atom. The zero-order valence-corrected chi connectivity index (χ0v) is 18.5. The summed E-state index contributed by atoms with van der Waals surface area (Å²) in [7, 11) is -3.65. The molecule has 10 nitrogen and oxygen atoms in total. The minimum absolute atomic E-state index is 0.000344. The van der Waals surface area contributed by atoms with E-state index in [2.05, 4.69) is 20.3 Å². The standard InChI is InChI=1S/C21H25N7O3S/c1-2-15-7-3-4-8-17(15)23-21-25-18(24-20(22)26-21)14-27-13-16(9-10-19(27)29)32(30,31)28-11-5-6-12-28/h3-4,7-10,13H,2,5-6,11-12,14H2,1H3,(H3,22,23,24,25,26). The summed E-state index contributed by atoms with van der Waals surface area (Å²) < 4.78 is 28.4. The molecule has 3 N–H and O–H groups in total. The third kappa shape index (κ3) is 4.63. The van der Waals surface area contributed by atoms with Gasteiger partial charge in [-0.1, -0.05) is 25.1 Å². The summed E-state index contributed by atoms with van der Waals surface area (Å²) in [4.78, 5) is 25.1. The van der Waals surface area contributed by atoms with Crippen LogP contribution in [-0.2, 0) is 23.0 Å². The molecule has 0 spiro atoms. The number of hydrogen-bond donors (Lipinski definition) is 2. The Bertz CT molecular complexity index is 1280. The van der Waals surface area contributed by atoms with Gasteiger partial charge >= 0.3 is 0 Å². The molecule has 0 amide bonds. The third-order valence-corrected chi connectivity index (χ3v) is 7.20. The summed E-state index contributed by atoms with van der Waals surface area (Å²) in [5, 5.41) is 3.15. The van der Waals surface area contributed by atoms with Gasteiger partial charge in [0.2, 0.25) is 21.9 Å². The molecule has 168 valence electrons. The van der Waals surface area contributed by atoms with Crippen LogP contribution in [0.25, 0.3) is 0 Å². The largest absolute Gasteiger partial charge is 0.368 e. The first-order valence-electron chi connectivity index (χ1n) is 10.4. The molecular formula is C21H25N7O3S. The second-order valence-corrected chi connectivity index (χ2v) is 9.45. The topological polar surface area (TPSA) is 136 Å². The van der Waals surface area contributed by atoms with Crippen LogP contribution in [0.4, 0.5) is 17.6 Å². The van der Waals surface area contributed by atoms with E-state index in [-0.39, 0.29) is 34.7 Å². The van der Waals surface area contributed by atoms with Crippen LogP contribution < -0.4 is 16.6 Å². The normalized spacial score (nSPS) is 14.5. The lowest BCUT2D eigenvalue weighted by Gasteiger charge is -2.16. The number of benzene rings is 1. The van der Waals surface area contributed by atoms with Crippen molar-refractivity contribution in [3.63, 3.8) is 0 Å². The molecule has 11 heteroatoms.